The second kappa shape index (κ2) is 10.6. The van der Waals surface area contributed by atoms with Crippen LogP contribution in [0.15, 0.2) is 42.6 Å². The molecule has 2 aliphatic rings. The highest BCUT2D eigenvalue weighted by molar-refractivity contribution is 5.93. The molecule has 0 aliphatic carbocycles. The molecule has 1 aromatic heterocycles. The van der Waals surface area contributed by atoms with Gasteiger partial charge in [-0.15, -0.1) is 0 Å². The number of aromatic nitrogens is 1. The summed E-state index contributed by atoms with van der Waals surface area (Å²) < 4.78 is 20.6. The molecule has 9 nitrogen and oxygen atoms in total. The van der Waals surface area contributed by atoms with Gasteiger partial charge in [-0.05, 0) is 70.0 Å². The van der Waals surface area contributed by atoms with Crippen LogP contribution in [0, 0.1) is 5.82 Å². The Kier molecular flexibility index (Phi) is 7.51. The van der Waals surface area contributed by atoms with E-state index in [1.165, 1.54) is 24.3 Å². The second-order valence-electron chi connectivity index (χ2n) is 10.2. The summed E-state index contributed by atoms with van der Waals surface area (Å²) in [5, 5.41) is 2.76. The van der Waals surface area contributed by atoms with Crippen LogP contribution in [0.4, 0.5) is 19.7 Å². The van der Waals surface area contributed by atoms with Crippen molar-refractivity contribution in [2.75, 3.05) is 44.6 Å². The minimum absolute atomic E-state index is 0.0619. The maximum absolute atomic E-state index is 13.3. The molecule has 1 aromatic carbocycles. The number of nitrogens with zero attached hydrogens (tertiary/aromatic N) is 4. The fraction of sp³-hybridized carbons (Fsp3) is 0.500. The van der Waals surface area contributed by atoms with E-state index < -0.39 is 5.60 Å². The summed E-state index contributed by atoms with van der Waals surface area (Å²) >= 11 is 0. The topological polar surface area (TPSA) is 87.1 Å². The van der Waals surface area contributed by atoms with Gasteiger partial charge in [-0.2, -0.15) is 0 Å². The fourth-order valence-electron chi connectivity index (χ4n) is 4.56. The number of ether oxygens (including phenoxy) is 1. The van der Waals surface area contributed by atoms with Crippen molar-refractivity contribution in [2.24, 2.45) is 0 Å². The van der Waals surface area contributed by atoms with E-state index in [-0.39, 0.29) is 29.9 Å². The van der Waals surface area contributed by atoms with Crippen molar-refractivity contribution in [3.8, 4) is 0 Å². The Morgan fingerprint density at radius 1 is 0.889 bits per heavy atom. The molecule has 10 heteroatoms. The minimum atomic E-state index is -0.528. The lowest BCUT2D eigenvalue weighted by Gasteiger charge is -2.36. The van der Waals surface area contributed by atoms with E-state index in [9.17, 15) is 18.8 Å². The molecule has 0 atom stereocenters. The van der Waals surface area contributed by atoms with Crippen LogP contribution in [-0.4, -0.2) is 82.2 Å². The smallest absolute Gasteiger partial charge is 0.410 e. The third kappa shape index (κ3) is 6.16. The summed E-state index contributed by atoms with van der Waals surface area (Å²) in [6.07, 6.45) is 3.11. The zero-order valence-corrected chi connectivity index (χ0v) is 21.1. The largest absolute Gasteiger partial charge is 0.444 e. The molecule has 2 aromatic rings. The average molecular weight is 500 g/mol. The predicted molar refractivity (Wildman–Crippen MR) is 133 cm³/mol. The van der Waals surface area contributed by atoms with Crippen LogP contribution in [0.1, 0.15) is 50.1 Å². The van der Waals surface area contributed by atoms with Gasteiger partial charge in [0.1, 0.15) is 17.1 Å². The Morgan fingerprint density at radius 2 is 1.50 bits per heavy atom. The number of amides is 4. The van der Waals surface area contributed by atoms with Crippen molar-refractivity contribution in [1.29, 1.82) is 0 Å². The number of carbonyl (C=O) groups excluding carboxylic acids is 3. The first-order valence-electron chi connectivity index (χ1n) is 12.4. The van der Waals surface area contributed by atoms with Gasteiger partial charge in [0, 0.05) is 57.2 Å². The van der Waals surface area contributed by atoms with E-state index in [1.54, 1.807) is 14.7 Å². The van der Waals surface area contributed by atoms with Gasteiger partial charge in [0.2, 0.25) is 0 Å². The highest BCUT2D eigenvalue weighted by Gasteiger charge is 2.31. The van der Waals surface area contributed by atoms with Gasteiger partial charge in [0.05, 0.1) is 0 Å². The Morgan fingerprint density at radius 3 is 2.11 bits per heavy atom. The van der Waals surface area contributed by atoms with Crippen molar-refractivity contribution in [2.45, 2.75) is 45.3 Å². The zero-order chi connectivity index (χ0) is 25.9. The van der Waals surface area contributed by atoms with Crippen LogP contribution in [0.5, 0.6) is 0 Å². The molecule has 2 fully saturated rings. The Bertz CT molecular complexity index is 1080. The molecule has 0 unspecified atom stereocenters. The van der Waals surface area contributed by atoms with E-state index in [2.05, 4.69) is 5.32 Å². The van der Waals surface area contributed by atoms with Gasteiger partial charge in [-0.1, -0.05) is 0 Å². The molecule has 4 rings (SSSR count). The van der Waals surface area contributed by atoms with Gasteiger partial charge >= 0.3 is 12.1 Å². The number of piperazine rings is 1. The summed E-state index contributed by atoms with van der Waals surface area (Å²) in [6.45, 7) is 8.39. The Hall–Kier alpha value is -3.56. The fourth-order valence-corrected chi connectivity index (χ4v) is 4.56. The molecular formula is C26H34FN5O4. The number of hydrogen-bond acceptors (Lipinski definition) is 4. The molecule has 36 heavy (non-hydrogen) atoms. The number of piperidine rings is 1. The predicted octanol–water partition coefficient (Wildman–Crippen LogP) is 4.19. The van der Waals surface area contributed by atoms with Gasteiger partial charge in [-0.3, -0.25) is 4.79 Å². The van der Waals surface area contributed by atoms with E-state index >= 15 is 0 Å². The number of halogens is 1. The molecule has 194 valence electrons. The lowest BCUT2D eigenvalue weighted by molar-refractivity contribution is 0.0186. The molecule has 2 saturated heterocycles. The second-order valence-corrected chi connectivity index (χ2v) is 10.2. The number of benzene rings is 1. The van der Waals surface area contributed by atoms with Crippen molar-refractivity contribution >= 4 is 23.7 Å². The van der Waals surface area contributed by atoms with Crippen LogP contribution < -0.4 is 5.32 Å². The van der Waals surface area contributed by atoms with Gasteiger partial charge in [-0.25, -0.2) is 14.0 Å². The number of carbonyl (C=O) groups is 3. The highest BCUT2D eigenvalue weighted by Crippen LogP contribution is 2.26. The first-order chi connectivity index (χ1) is 17.1. The SMILES string of the molecule is CC(C)(C)OC(=O)N1CCC(n2cccc2C(=O)N2CCN(C(=O)Nc3ccc(F)cc3)CC2)CC1. The zero-order valence-electron chi connectivity index (χ0n) is 21.1. The Balaban J connectivity index is 1.30. The average Bonchev–Trinajstić information content (AvgIpc) is 3.34. The molecule has 0 bridgehead atoms. The number of urea groups is 1. The van der Waals surface area contributed by atoms with Gasteiger partial charge in [0.25, 0.3) is 5.91 Å². The molecule has 4 amide bonds. The quantitative estimate of drug-likeness (QED) is 0.686. The maximum Gasteiger partial charge on any atom is 0.410 e. The van der Waals surface area contributed by atoms with Crippen LogP contribution in [0.3, 0.4) is 0 Å². The van der Waals surface area contributed by atoms with Crippen LogP contribution in [0.25, 0.3) is 0 Å². The van der Waals surface area contributed by atoms with E-state index in [4.69, 9.17) is 4.74 Å². The van der Waals surface area contributed by atoms with E-state index in [1.807, 2.05) is 43.7 Å². The van der Waals surface area contributed by atoms with Crippen molar-refractivity contribution < 1.29 is 23.5 Å². The first-order valence-corrected chi connectivity index (χ1v) is 12.4. The molecule has 0 saturated carbocycles. The number of hydrogen-bond donors (Lipinski definition) is 1. The van der Waals surface area contributed by atoms with Crippen molar-refractivity contribution in [3.63, 3.8) is 0 Å². The third-order valence-electron chi connectivity index (χ3n) is 6.46. The summed E-state index contributed by atoms with van der Waals surface area (Å²) in [6, 6.07) is 9.18. The van der Waals surface area contributed by atoms with Crippen LogP contribution in [-0.2, 0) is 4.74 Å². The lowest BCUT2D eigenvalue weighted by atomic mass is 10.0. The van der Waals surface area contributed by atoms with Crippen molar-refractivity contribution in [3.05, 3.63) is 54.1 Å². The van der Waals surface area contributed by atoms with E-state index in [0.717, 1.165) is 12.8 Å². The normalized spacial score (nSPS) is 17.2. The third-order valence-corrected chi connectivity index (χ3v) is 6.46. The monoisotopic (exact) mass is 499 g/mol. The summed E-state index contributed by atoms with van der Waals surface area (Å²) in [7, 11) is 0. The minimum Gasteiger partial charge on any atom is -0.444 e. The van der Waals surface area contributed by atoms with Gasteiger partial charge < -0.3 is 29.3 Å². The van der Waals surface area contributed by atoms with Crippen molar-refractivity contribution in [1.82, 2.24) is 19.3 Å². The maximum atomic E-state index is 13.3. The molecule has 1 N–H and O–H groups in total. The summed E-state index contributed by atoms with van der Waals surface area (Å²) in [5.41, 5.74) is 0.616. The molecule has 0 radical (unpaired) electrons. The molecule has 2 aliphatic heterocycles. The highest BCUT2D eigenvalue weighted by atomic mass is 19.1. The Labute approximate surface area is 210 Å². The van der Waals surface area contributed by atoms with Crippen LogP contribution in [0.2, 0.25) is 0 Å². The van der Waals surface area contributed by atoms with Crippen LogP contribution >= 0.6 is 0 Å². The molecule has 0 spiro atoms. The molecular weight excluding hydrogens is 465 g/mol. The summed E-state index contributed by atoms with van der Waals surface area (Å²) in [5.74, 6) is -0.424. The number of nitrogens with one attached hydrogen (secondary N) is 1. The summed E-state index contributed by atoms with van der Waals surface area (Å²) in [4.78, 5) is 43.4. The number of rotatable bonds is 3. The first kappa shape index (κ1) is 25.5. The van der Waals surface area contributed by atoms with Gasteiger partial charge in [0.15, 0.2) is 0 Å². The molecule has 3 heterocycles. The number of anilines is 1. The van der Waals surface area contributed by atoms with E-state index in [0.29, 0.717) is 50.6 Å². The lowest BCUT2D eigenvalue weighted by Crippen LogP contribution is -2.52. The number of likely N-dealkylation sites (tertiary alicyclic amines) is 1. The standard InChI is InChI=1S/C26H34FN5O4/c1-26(2,3)36-25(35)31-13-10-21(11-14-31)32-12-4-5-22(32)23(33)29-15-17-30(18-16-29)24(34)28-20-8-6-19(27)7-9-20/h4-9,12,21H,10-11,13-18H2,1-3H3,(H,28,34).